The molecule has 0 saturated carbocycles. The van der Waals surface area contributed by atoms with Crippen molar-refractivity contribution < 1.29 is 24.2 Å². The number of likely N-dealkylation sites (N-methyl/N-ethyl adjacent to an activating group) is 1. The lowest BCUT2D eigenvalue weighted by Crippen LogP contribution is -2.54. The summed E-state index contributed by atoms with van der Waals surface area (Å²) in [4.78, 5) is 45.3. The highest BCUT2D eigenvalue weighted by Gasteiger charge is 2.28. The largest absolute Gasteiger partial charge is 0.508 e. The lowest BCUT2D eigenvalue weighted by Gasteiger charge is -2.26. The van der Waals surface area contributed by atoms with Gasteiger partial charge in [-0.25, -0.2) is 4.79 Å². The standard InChI is InChI=1S/C33H40N6O5/c1-39(21-9-14-24-16-18-27(40)19-17-24)31(42)28(15-8-20-36-32(34)35)37-30(41)29(22-25-10-4-2-5-11-25)38-33(43)44-23-26-12-6-3-7-13-26/h2-7,9-14,16-19,28-29,40H,8,15,20-23H2,1H3,(H,37,41)(H,38,43)(H4,34,35,36)/b14-9+/t28-,29-/m0/s1. The lowest BCUT2D eigenvalue weighted by atomic mass is 10.0. The van der Waals surface area contributed by atoms with E-state index in [9.17, 15) is 19.5 Å². The first-order chi connectivity index (χ1) is 21.2. The van der Waals surface area contributed by atoms with E-state index in [2.05, 4.69) is 15.6 Å². The Kier molecular flexibility index (Phi) is 13.3. The van der Waals surface area contributed by atoms with Gasteiger partial charge in [-0.1, -0.05) is 84.9 Å². The lowest BCUT2D eigenvalue weighted by molar-refractivity contribution is -0.135. The monoisotopic (exact) mass is 600 g/mol. The van der Waals surface area contributed by atoms with Crippen LogP contribution in [-0.4, -0.2) is 66.1 Å². The number of rotatable bonds is 15. The molecule has 0 aliphatic rings. The number of amides is 3. The van der Waals surface area contributed by atoms with Crippen molar-refractivity contribution in [3.63, 3.8) is 0 Å². The Balaban J connectivity index is 1.71. The average molecular weight is 601 g/mol. The molecule has 44 heavy (non-hydrogen) atoms. The number of alkyl carbamates (subject to hydrolysis) is 1. The van der Waals surface area contributed by atoms with Crippen LogP contribution in [0, 0.1) is 0 Å². The van der Waals surface area contributed by atoms with Gasteiger partial charge in [0.05, 0.1) is 0 Å². The molecule has 0 saturated heterocycles. The number of nitrogens with one attached hydrogen (secondary N) is 2. The molecule has 11 heteroatoms. The molecule has 3 rings (SSSR count). The van der Waals surface area contributed by atoms with Crippen LogP contribution in [-0.2, 0) is 27.4 Å². The van der Waals surface area contributed by atoms with Crippen molar-refractivity contribution in [3.05, 3.63) is 108 Å². The smallest absolute Gasteiger partial charge is 0.408 e. The highest BCUT2D eigenvalue weighted by molar-refractivity contribution is 5.91. The number of nitrogens with two attached hydrogens (primary N) is 2. The van der Waals surface area contributed by atoms with E-state index in [0.717, 1.165) is 16.7 Å². The molecule has 2 atom stereocenters. The van der Waals surface area contributed by atoms with Crippen LogP contribution in [0.15, 0.2) is 96.0 Å². The summed E-state index contributed by atoms with van der Waals surface area (Å²) >= 11 is 0. The SMILES string of the molecule is CN(C/C=C/c1ccc(O)cc1)C(=O)[C@H](CCCN=C(N)N)NC(=O)[C@H](Cc1ccccc1)NC(=O)OCc1ccccc1. The van der Waals surface area contributed by atoms with Gasteiger partial charge >= 0.3 is 6.09 Å². The fourth-order valence-corrected chi connectivity index (χ4v) is 4.29. The van der Waals surface area contributed by atoms with Crippen LogP contribution in [0.1, 0.15) is 29.5 Å². The predicted octanol–water partition coefficient (Wildman–Crippen LogP) is 2.94. The predicted molar refractivity (Wildman–Crippen MR) is 170 cm³/mol. The highest BCUT2D eigenvalue weighted by Crippen LogP contribution is 2.12. The molecule has 0 aromatic heterocycles. The molecule has 0 aliphatic heterocycles. The number of aromatic hydroxyl groups is 1. The van der Waals surface area contributed by atoms with Crippen LogP contribution in [0.3, 0.4) is 0 Å². The molecule has 3 aromatic rings. The van der Waals surface area contributed by atoms with Gasteiger partial charge in [0.25, 0.3) is 0 Å². The molecule has 0 heterocycles. The fourth-order valence-electron chi connectivity index (χ4n) is 4.29. The summed E-state index contributed by atoms with van der Waals surface area (Å²) in [5.74, 6) is -0.741. The van der Waals surface area contributed by atoms with Crippen LogP contribution in [0.2, 0.25) is 0 Å². The molecule has 0 spiro atoms. The maximum Gasteiger partial charge on any atom is 0.408 e. The topological polar surface area (TPSA) is 172 Å². The van der Waals surface area contributed by atoms with Gasteiger partial charge < -0.3 is 36.8 Å². The number of ether oxygens (including phenoxy) is 1. The number of guanidine groups is 1. The Bertz CT molecular complexity index is 1390. The van der Waals surface area contributed by atoms with Gasteiger partial charge in [-0.3, -0.25) is 14.6 Å². The van der Waals surface area contributed by atoms with Crippen molar-refractivity contribution in [1.29, 1.82) is 0 Å². The van der Waals surface area contributed by atoms with Crippen LogP contribution < -0.4 is 22.1 Å². The van der Waals surface area contributed by atoms with Gasteiger partial charge in [0.2, 0.25) is 11.8 Å². The van der Waals surface area contributed by atoms with Crippen molar-refractivity contribution in [2.45, 2.75) is 38.0 Å². The number of aliphatic imine (C=N–C) groups is 1. The number of benzene rings is 3. The molecule has 0 radical (unpaired) electrons. The first-order valence-electron chi connectivity index (χ1n) is 14.3. The summed E-state index contributed by atoms with van der Waals surface area (Å²) in [6.07, 6.45) is 3.78. The minimum absolute atomic E-state index is 0.0424. The Morgan fingerprint density at radius 2 is 1.55 bits per heavy atom. The quantitative estimate of drug-likeness (QED) is 0.101. The maximum atomic E-state index is 13.6. The third-order valence-electron chi connectivity index (χ3n) is 6.62. The summed E-state index contributed by atoms with van der Waals surface area (Å²) in [7, 11) is 1.64. The number of carbonyl (C=O) groups is 3. The summed E-state index contributed by atoms with van der Waals surface area (Å²) in [6.45, 7) is 0.599. The second-order valence-electron chi connectivity index (χ2n) is 10.2. The Hall–Kier alpha value is -5.32. The minimum atomic E-state index is -1.01. The van der Waals surface area contributed by atoms with Gasteiger partial charge in [-0.15, -0.1) is 0 Å². The number of carbonyl (C=O) groups excluding carboxylic acids is 3. The molecule has 0 bridgehead atoms. The van der Waals surface area contributed by atoms with Crippen LogP contribution in [0.4, 0.5) is 4.79 Å². The Morgan fingerprint density at radius 3 is 2.18 bits per heavy atom. The van der Waals surface area contributed by atoms with E-state index in [1.54, 1.807) is 31.3 Å². The van der Waals surface area contributed by atoms with E-state index in [-0.39, 0.29) is 50.2 Å². The normalized spacial score (nSPS) is 12.1. The van der Waals surface area contributed by atoms with Gasteiger partial charge in [0.15, 0.2) is 5.96 Å². The third kappa shape index (κ3) is 11.9. The van der Waals surface area contributed by atoms with Gasteiger partial charge in [0.1, 0.15) is 24.4 Å². The molecular formula is C33H40N6O5. The molecule has 3 amide bonds. The molecule has 0 fully saturated rings. The van der Waals surface area contributed by atoms with E-state index < -0.39 is 24.1 Å². The van der Waals surface area contributed by atoms with Gasteiger partial charge in [-0.05, 0) is 41.7 Å². The van der Waals surface area contributed by atoms with E-state index in [0.29, 0.717) is 6.42 Å². The zero-order chi connectivity index (χ0) is 31.7. The molecule has 7 N–H and O–H groups in total. The van der Waals surface area contributed by atoms with Crippen molar-refractivity contribution in [1.82, 2.24) is 15.5 Å². The van der Waals surface area contributed by atoms with Crippen molar-refractivity contribution in [2.75, 3.05) is 20.1 Å². The minimum Gasteiger partial charge on any atom is -0.508 e. The van der Waals surface area contributed by atoms with Crippen LogP contribution in [0.5, 0.6) is 5.75 Å². The Morgan fingerprint density at radius 1 is 0.909 bits per heavy atom. The van der Waals surface area contributed by atoms with Crippen molar-refractivity contribution in [3.8, 4) is 5.75 Å². The fraction of sp³-hybridized carbons (Fsp3) is 0.273. The molecule has 0 unspecified atom stereocenters. The van der Waals surface area contributed by atoms with Crippen LogP contribution >= 0.6 is 0 Å². The molecule has 11 nitrogen and oxygen atoms in total. The third-order valence-corrected chi connectivity index (χ3v) is 6.62. The van der Waals surface area contributed by atoms with Gasteiger partial charge in [-0.2, -0.15) is 0 Å². The summed E-state index contributed by atoms with van der Waals surface area (Å²) in [5.41, 5.74) is 13.4. The zero-order valence-electron chi connectivity index (χ0n) is 24.8. The first kappa shape index (κ1) is 33.2. The second kappa shape index (κ2) is 17.6. The summed E-state index contributed by atoms with van der Waals surface area (Å²) < 4.78 is 5.36. The van der Waals surface area contributed by atoms with Crippen LogP contribution in [0.25, 0.3) is 6.08 Å². The molecule has 232 valence electrons. The number of hydrogen-bond donors (Lipinski definition) is 5. The maximum absolute atomic E-state index is 13.6. The Labute approximate surface area is 257 Å². The van der Waals surface area contributed by atoms with E-state index in [1.165, 1.54) is 4.90 Å². The summed E-state index contributed by atoms with van der Waals surface area (Å²) in [5, 5.41) is 15.0. The summed E-state index contributed by atoms with van der Waals surface area (Å²) in [6, 6.07) is 23.2. The zero-order valence-corrected chi connectivity index (χ0v) is 24.8. The molecule has 3 aromatic carbocycles. The molecule has 0 aliphatic carbocycles. The molecular weight excluding hydrogens is 560 g/mol. The van der Waals surface area contributed by atoms with E-state index in [4.69, 9.17) is 16.2 Å². The second-order valence-corrected chi connectivity index (χ2v) is 10.2. The van der Waals surface area contributed by atoms with Crippen molar-refractivity contribution in [2.24, 2.45) is 16.5 Å². The number of phenolic OH excluding ortho intramolecular Hbond substituents is 1. The number of phenols is 1. The van der Waals surface area contributed by atoms with Crippen molar-refractivity contribution >= 4 is 29.9 Å². The first-order valence-corrected chi connectivity index (χ1v) is 14.3. The van der Waals surface area contributed by atoms with Gasteiger partial charge in [0, 0.05) is 26.6 Å². The average Bonchev–Trinajstić information content (AvgIpc) is 3.02. The highest BCUT2D eigenvalue weighted by atomic mass is 16.5. The number of nitrogens with zero attached hydrogens (tertiary/aromatic N) is 2. The van der Waals surface area contributed by atoms with E-state index in [1.807, 2.05) is 72.8 Å². The van der Waals surface area contributed by atoms with E-state index >= 15 is 0 Å². The number of hydrogen-bond acceptors (Lipinski definition) is 6.